The predicted octanol–water partition coefficient (Wildman–Crippen LogP) is 3.67. The molecule has 4 rings (SSSR count). The van der Waals surface area contributed by atoms with Crippen molar-refractivity contribution in [1.29, 1.82) is 0 Å². The van der Waals surface area contributed by atoms with E-state index in [1.54, 1.807) is 12.1 Å². The van der Waals surface area contributed by atoms with Gasteiger partial charge in [0.1, 0.15) is 6.61 Å². The number of carbonyl (C=O) groups excluding carboxylic acids is 1. The molecule has 0 unspecified atom stereocenters. The molecule has 0 bridgehead atoms. The van der Waals surface area contributed by atoms with Crippen LogP contribution >= 0.6 is 0 Å². The van der Waals surface area contributed by atoms with Crippen LogP contribution in [0.15, 0.2) is 91.0 Å². The van der Waals surface area contributed by atoms with Gasteiger partial charge in [-0.3, -0.25) is 4.90 Å². The van der Waals surface area contributed by atoms with E-state index in [4.69, 9.17) is 4.74 Å². The van der Waals surface area contributed by atoms with Crippen molar-refractivity contribution in [3.05, 3.63) is 108 Å². The zero-order chi connectivity index (χ0) is 19.4. The van der Waals surface area contributed by atoms with Crippen LogP contribution in [0, 0.1) is 0 Å². The van der Waals surface area contributed by atoms with E-state index in [-0.39, 0.29) is 6.61 Å². The molecule has 0 spiro atoms. The average molecular weight is 373 g/mol. The van der Waals surface area contributed by atoms with Crippen molar-refractivity contribution < 1.29 is 14.6 Å². The van der Waals surface area contributed by atoms with Crippen LogP contribution in [0.1, 0.15) is 22.7 Å². The van der Waals surface area contributed by atoms with Gasteiger partial charge in [-0.2, -0.15) is 0 Å². The molecule has 1 aliphatic rings. The fourth-order valence-corrected chi connectivity index (χ4v) is 3.91. The second-order valence-electron chi connectivity index (χ2n) is 7.04. The Morgan fingerprint density at radius 1 is 0.893 bits per heavy atom. The Labute approximate surface area is 165 Å². The molecule has 4 nitrogen and oxygen atoms in total. The zero-order valence-corrected chi connectivity index (χ0v) is 15.6. The maximum absolute atomic E-state index is 13.0. The maximum atomic E-state index is 13.0. The number of cyclic esters (lactones) is 1. The standard InChI is InChI=1S/C24H23NO3/c26-23-24(27,21-14-8-3-9-15-21)22(20-12-6-2-7-13-20)25(16-17-28-23)18-19-10-4-1-5-11-19/h1-15,22,27H,16-18H2/t22-,24+/m0/s1. The molecule has 2 atom stereocenters. The van der Waals surface area contributed by atoms with Crippen LogP contribution in [0.5, 0.6) is 0 Å². The molecule has 142 valence electrons. The maximum Gasteiger partial charge on any atom is 0.344 e. The number of carbonyl (C=O) groups is 1. The van der Waals surface area contributed by atoms with Gasteiger partial charge in [-0.15, -0.1) is 0 Å². The first-order valence-corrected chi connectivity index (χ1v) is 9.47. The van der Waals surface area contributed by atoms with Gasteiger partial charge >= 0.3 is 5.97 Å². The third kappa shape index (κ3) is 3.44. The van der Waals surface area contributed by atoms with E-state index in [0.29, 0.717) is 18.7 Å². The number of esters is 1. The minimum Gasteiger partial charge on any atom is -0.462 e. The Bertz CT molecular complexity index is 914. The fourth-order valence-electron chi connectivity index (χ4n) is 3.91. The lowest BCUT2D eigenvalue weighted by molar-refractivity contribution is -0.169. The van der Waals surface area contributed by atoms with E-state index in [1.807, 2.05) is 66.7 Å². The van der Waals surface area contributed by atoms with E-state index in [0.717, 1.165) is 11.1 Å². The Morgan fingerprint density at radius 2 is 1.46 bits per heavy atom. The molecular formula is C24H23NO3. The number of hydrogen-bond acceptors (Lipinski definition) is 4. The van der Waals surface area contributed by atoms with Gasteiger partial charge in [0.25, 0.3) is 0 Å². The third-order valence-electron chi connectivity index (χ3n) is 5.24. The fraction of sp³-hybridized carbons (Fsp3) is 0.208. The molecule has 0 saturated carbocycles. The van der Waals surface area contributed by atoms with Crippen LogP contribution in [0.2, 0.25) is 0 Å². The van der Waals surface area contributed by atoms with Gasteiger partial charge in [-0.25, -0.2) is 4.79 Å². The number of ether oxygens (including phenoxy) is 1. The molecule has 0 aromatic heterocycles. The quantitative estimate of drug-likeness (QED) is 0.709. The summed E-state index contributed by atoms with van der Waals surface area (Å²) < 4.78 is 5.46. The zero-order valence-electron chi connectivity index (χ0n) is 15.6. The SMILES string of the molecule is O=C1OCCN(Cc2ccccc2)[C@@H](c2ccccc2)[C@]1(O)c1ccccc1. The highest BCUT2D eigenvalue weighted by Gasteiger charge is 2.51. The number of nitrogens with zero attached hydrogens (tertiary/aromatic N) is 1. The topological polar surface area (TPSA) is 49.8 Å². The van der Waals surface area contributed by atoms with E-state index in [1.165, 1.54) is 0 Å². The van der Waals surface area contributed by atoms with Crippen molar-refractivity contribution in [2.24, 2.45) is 0 Å². The number of rotatable bonds is 4. The molecule has 4 heteroatoms. The van der Waals surface area contributed by atoms with Gasteiger partial charge in [-0.05, 0) is 16.7 Å². The Morgan fingerprint density at radius 3 is 2.11 bits per heavy atom. The van der Waals surface area contributed by atoms with Crippen molar-refractivity contribution in [1.82, 2.24) is 4.90 Å². The summed E-state index contributed by atoms with van der Waals surface area (Å²) in [7, 11) is 0. The van der Waals surface area contributed by atoms with Crippen LogP contribution < -0.4 is 0 Å². The summed E-state index contributed by atoms with van der Waals surface area (Å²) in [5.41, 5.74) is 0.735. The Kier molecular flexibility index (Phi) is 5.24. The van der Waals surface area contributed by atoms with E-state index in [2.05, 4.69) is 17.0 Å². The van der Waals surface area contributed by atoms with Crippen LogP contribution in [0.3, 0.4) is 0 Å². The molecule has 28 heavy (non-hydrogen) atoms. The molecule has 1 heterocycles. The van der Waals surface area contributed by atoms with Crippen molar-refractivity contribution in [3.63, 3.8) is 0 Å². The van der Waals surface area contributed by atoms with E-state index in [9.17, 15) is 9.90 Å². The van der Waals surface area contributed by atoms with Crippen LogP contribution in [0.4, 0.5) is 0 Å². The minimum absolute atomic E-state index is 0.240. The third-order valence-corrected chi connectivity index (χ3v) is 5.24. The summed E-state index contributed by atoms with van der Waals surface area (Å²) in [6, 6.07) is 28.3. The summed E-state index contributed by atoms with van der Waals surface area (Å²) in [6.45, 7) is 1.38. The van der Waals surface area contributed by atoms with E-state index < -0.39 is 17.6 Å². The first-order chi connectivity index (χ1) is 13.7. The largest absolute Gasteiger partial charge is 0.462 e. The lowest BCUT2D eigenvalue weighted by Gasteiger charge is -2.39. The number of benzene rings is 3. The Balaban J connectivity index is 1.85. The van der Waals surface area contributed by atoms with Gasteiger partial charge in [0, 0.05) is 13.1 Å². The van der Waals surface area contributed by atoms with Gasteiger partial charge < -0.3 is 9.84 Å². The van der Waals surface area contributed by atoms with Gasteiger partial charge in [-0.1, -0.05) is 91.0 Å². The monoisotopic (exact) mass is 373 g/mol. The first-order valence-electron chi connectivity index (χ1n) is 9.47. The van der Waals surface area contributed by atoms with Gasteiger partial charge in [0.15, 0.2) is 0 Å². The molecule has 1 fully saturated rings. The lowest BCUT2D eigenvalue weighted by Crippen LogP contribution is -2.47. The molecule has 0 aliphatic carbocycles. The molecule has 3 aromatic rings. The highest BCUT2D eigenvalue weighted by Crippen LogP contribution is 2.42. The average Bonchev–Trinajstić information content (AvgIpc) is 2.87. The van der Waals surface area contributed by atoms with Crippen LogP contribution in [-0.4, -0.2) is 29.1 Å². The van der Waals surface area contributed by atoms with E-state index >= 15 is 0 Å². The van der Waals surface area contributed by atoms with Crippen molar-refractivity contribution >= 4 is 5.97 Å². The van der Waals surface area contributed by atoms with Crippen LogP contribution in [0.25, 0.3) is 0 Å². The van der Waals surface area contributed by atoms with Crippen molar-refractivity contribution in [2.45, 2.75) is 18.2 Å². The summed E-state index contributed by atoms with van der Waals surface area (Å²) in [4.78, 5) is 15.1. The molecule has 1 aliphatic heterocycles. The van der Waals surface area contributed by atoms with Gasteiger partial charge in [0.05, 0.1) is 6.04 Å². The highest BCUT2D eigenvalue weighted by atomic mass is 16.6. The number of hydrogen-bond donors (Lipinski definition) is 1. The second kappa shape index (κ2) is 7.97. The predicted molar refractivity (Wildman–Crippen MR) is 107 cm³/mol. The van der Waals surface area contributed by atoms with Gasteiger partial charge in [0.2, 0.25) is 5.60 Å². The molecule has 3 aromatic carbocycles. The lowest BCUT2D eigenvalue weighted by atomic mass is 9.81. The summed E-state index contributed by atoms with van der Waals surface area (Å²) in [6.07, 6.45) is 0. The summed E-state index contributed by atoms with van der Waals surface area (Å²) in [5.74, 6) is -0.608. The summed E-state index contributed by atoms with van der Waals surface area (Å²) >= 11 is 0. The van der Waals surface area contributed by atoms with Crippen molar-refractivity contribution in [3.8, 4) is 0 Å². The number of aliphatic hydroxyl groups is 1. The Hall–Kier alpha value is -2.95. The van der Waals surface area contributed by atoms with Crippen molar-refractivity contribution in [2.75, 3.05) is 13.2 Å². The smallest absolute Gasteiger partial charge is 0.344 e. The molecule has 1 saturated heterocycles. The van der Waals surface area contributed by atoms with Crippen LogP contribution in [-0.2, 0) is 21.7 Å². The summed E-state index contributed by atoms with van der Waals surface area (Å²) in [5, 5.41) is 11.8. The highest BCUT2D eigenvalue weighted by molar-refractivity contribution is 5.83. The minimum atomic E-state index is -1.80. The molecule has 0 radical (unpaired) electrons. The second-order valence-corrected chi connectivity index (χ2v) is 7.04. The molecule has 1 N–H and O–H groups in total. The molecular weight excluding hydrogens is 350 g/mol. The first kappa shape index (κ1) is 18.4. The normalized spacial score (nSPS) is 23.0. The molecule has 0 amide bonds.